The van der Waals surface area contributed by atoms with Crippen LogP contribution in [0.2, 0.25) is 0 Å². The van der Waals surface area contributed by atoms with Crippen LogP contribution < -0.4 is 10.1 Å². The molecule has 0 aliphatic carbocycles. The molecular formula is C25H17BrF2N2O4S. The quantitative estimate of drug-likeness (QED) is 0.361. The van der Waals surface area contributed by atoms with Gasteiger partial charge in [-0.1, -0.05) is 40.2 Å². The highest BCUT2D eigenvalue weighted by molar-refractivity contribution is 9.10. The summed E-state index contributed by atoms with van der Waals surface area (Å²) < 4.78 is 33.7. The SMILES string of the molecule is O=C(CN1C(=O)S/C(=C/c2cc(Br)ccc2OCc2ccccc2F)C1=O)Nc1cccc(F)c1. The fourth-order valence-electron chi connectivity index (χ4n) is 3.22. The molecule has 0 saturated carbocycles. The number of nitrogens with zero attached hydrogens (tertiary/aromatic N) is 1. The molecule has 1 heterocycles. The van der Waals surface area contributed by atoms with Crippen LogP contribution in [-0.4, -0.2) is 28.5 Å². The Morgan fingerprint density at radius 2 is 1.86 bits per heavy atom. The molecule has 0 aromatic heterocycles. The van der Waals surface area contributed by atoms with Gasteiger partial charge < -0.3 is 10.1 Å². The molecule has 3 aromatic carbocycles. The monoisotopic (exact) mass is 558 g/mol. The van der Waals surface area contributed by atoms with Gasteiger partial charge in [0.1, 0.15) is 30.5 Å². The van der Waals surface area contributed by atoms with Gasteiger partial charge in [0.25, 0.3) is 11.1 Å². The van der Waals surface area contributed by atoms with Crippen LogP contribution in [-0.2, 0) is 16.2 Å². The summed E-state index contributed by atoms with van der Waals surface area (Å²) in [6.07, 6.45) is 1.48. The maximum Gasteiger partial charge on any atom is 0.294 e. The lowest BCUT2D eigenvalue weighted by atomic mass is 10.1. The van der Waals surface area contributed by atoms with Gasteiger partial charge in [0.05, 0.1) is 4.91 Å². The van der Waals surface area contributed by atoms with Gasteiger partial charge in [-0.05, 0) is 60.3 Å². The van der Waals surface area contributed by atoms with Crippen molar-refractivity contribution >= 4 is 56.5 Å². The number of amides is 3. The number of carbonyl (C=O) groups excluding carboxylic acids is 3. The number of rotatable bonds is 7. The maximum atomic E-state index is 13.9. The summed E-state index contributed by atoms with van der Waals surface area (Å²) in [5.41, 5.74) is 1.07. The first-order chi connectivity index (χ1) is 16.8. The average Bonchev–Trinajstić information content (AvgIpc) is 3.07. The number of hydrogen-bond donors (Lipinski definition) is 1. The summed E-state index contributed by atoms with van der Waals surface area (Å²) >= 11 is 4.05. The summed E-state index contributed by atoms with van der Waals surface area (Å²) in [7, 11) is 0. The van der Waals surface area contributed by atoms with Crippen molar-refractivity contribution in [2.24, 2.45) is 0 Å². The Morgan fingerprint density at radius 1 is 1.06 bits per heavy atom. The molecule has 0 spiro atoms. The molecular weight excluding hydrogens is 542 g/mol. The molecule has 35 heavy (non-hydrogen) atoms. The molecule has 0 unspecified atom stereocenters. The van der Waals surface area contributed by atoms with Gasteiger partial charge in [-0.2, -0.15) is 0 Å². The normalized spacial score (nSPS) is 14.5. The van der Waals surface area contributed by atoms with Crippen molar-refractivity contribution in [3.05, 3.63) is 98.9 Å². The molecule has 1 fully saturated rings. The maximum absolute atomic E-state index is 13.9. The van der Waals surface area contributed by atoms with Gasteiger partial charge in [0.2, 0.25) is 5.91 Å². The molecule has 0 atom stereocenters. The lowest BCUT2D eigenvalue weighted by molar-refractivity contribution is -0.127. The molecule has 0 radical (unpaired) electrons. The Hall–Kier alpha value is -3.50. The summed E-state index contributed by atoms with van der Waals surface area (Å²) in [5, 5.41) is 1.85. The minimum absolute atomic E-state index is 0.0309. The van der Waals surface area contributed by atoms with Crippen molar-refractivity contribution < 1.29 is 27.9 Å². The fourth-order valence-corrected chi connectivity index (χ4v) is 4.43. The van der Waals surface area contributed by atoms with Gasteiger partial charge in [-0.15, -0.1) is 0 Å². The third kappa shape index (κ3) is 6.14. The van der Waals surface area contributed by atoms with Crippen LogP contribution in [0.4, 0.5) is 19.3 Å². The van der Waals surface area contributed by atoms with E-state index in [1.165, 1.54) is 30.3 Å². The van der Waals surface area contributed by atoms with Crippen LogP contribution in [0.3, 0.4) is 0 Å². The van der Waals surface area contributed by atoms with E-state index in [2.05, 4.69) is 21.2 Å². The van der Waals surface area contributed by atoms with E-state index >= 15 is 0 Å². The van der Waals surface area contributed by atoms with E-state index in [4.69, 9.17) is 4.74 Å². The van der Waals surface area contributed by atoms with E-state index in [0.29, 0.717) is 33.1 Å². The second kappa shape index (κ2) is 10.8. The van der Waals surface area contributed by atoms with E-state index < -0.39 is 35.2 Å². The zero-order valence-corrected chi connectivity index (χ0v) is 20.4. The number of benzene rings is 3. The lowest BCUT2D eigenvalue weighted by Crippen LogP contribution is -2.36. The van der Waals surface area contributed by atoms with Crippen LogP contribution in [0.15, 0.2) is 76.1 Å². The van der Waals surface area contributed by atoms with Crippen molar-refractivity contribution in [3.8, 4) is 5.75 Å². The molecule has 4 rings (SSSR count). The van der Waals surface area contributed by atoms with Crippen LogP contribution in [0.25, 0.3) is 6.08 Å². The molecule has 6 nitrogen and oxygen atoms in total. The van der Waals surface area contributed by atoms with Gasteiger partial charge in [-0.25, -0.2) is 8.78 Å². The van der Waals surface area contributed by atoms with E-state index in [1.807, 2.05) is 0 Å². The first-order valence-electron chi connectivity index (χ1n) is 10.3. The summed E-state index contributed by atoms with van der Waals surface area (Å²) in [6.45, 7) is -0.551. The Bertz CT molecular complexity index is 1350. The highest BCUT2D eigenvalue weighted by Crippen LogP contribution is 2.35. The van der Waals surface area contributed by atoms with Crippen LogP contribution in [0.1, 0.15) is 11.1 Å². The lowest BCUT2D eigenvalue weighted by Gasteiger charge is -2.13. The predicted octanol–water partition coefficient (Wildman–Crippen LogP) is 5.98. The van der Waals surface area contributed by atoms with E-state index in [-0.39, 0.29) is 17.2 Å². The summed E-state index contributed by atoms with van der Waals surface area (Å²) in [4.78, 5) is 38.5. The van der Waals surface area contributed by atoms with Gasteiger partial charge in [-0.3, -0.25) is 19.3 Å². The molecule has 1 aliphatic rings. The number of imide groups is 1. The molecule has 3 aromatic rings. The molecule has 178 valence electrons. The highest BCUT2D eigenvalue weighted by atomic mass is 79.9. The predicted molar refractivity (Wildman–Crippen MR) is 133 cm³/mol. The molecule has 1 aliphatic heterocycles. The van der Waals surface area contributed by atoms with E-state index in [1.54, 1.807) is 36.4 Å². The van der Waals surface area contributed by atoms with Crippen molar-refractivity contribution in [2.45, 2.75) is 6.61 Å². The average molecular weight is 559 g/mol. The van der Waals surface area contributed by atoms with Crippen molar-refractivity contribution in [1.82, 2.24) is 4.90 Å². The minimum atomic E-state index is -0.644. The zero-order valence-electron chi connectivity index (χ0n) is 18.0. The first-order valence-corrected chi connectivity index (χ1v) is 11.9. The second-order valence-electron chi connectivity index (χ2n) is 7.39. The number of halogens is 3. The largest absolute Gasteiger partial charge is 0.488 e. The fraction of sp³-hybridized carbons (Fsp3) is 0.0800. The molecule has 0 bridgehead atoms. The highest BCUT2D eigenvalue weighted by Gasteiger charge is 2.36. The molecule has 1 saturated heterocycles. The third-order valence-corrected chi connectivity index (χ3v) is 6.28. The number of carbonyl (C=O) groups is 3. The van der Waals surface area contributed by atoms with Crippen LogP contribution in [0, 0.1) is 11.6 Å². The number of anilines is 1. The first kappa shape index (κ1) is 24.6. The van der Waals surface area contributed by atoms with Gasteiger partial charge in [0.15, 0.2) is 0 Å². The third-order valence-electron chi connectivity index (χ3n) is 4.88. The molecule has 3 amide bonds. The minimum Gasteiger partial charge on any atom is -0.488 e. The van der Waals surface area contributed by atoms with Gasteiger partial charge >= 0.3 is 0 Å². The van der Waals surface area contributed by atoms with E-state index in [9.17, 15) is 23.2 Å². The number of hydrogen-bond acceptors (Lipinski definition) is 5. The topological polar surface area (TPSA) is 75.7 Å². The Labute approximate surface area is 212 Å². The molecule has 1 N–H and O–H groups in total. The zero-order chi connectivity index (χ0) is 24.9. The Morgan fingerprint density at radius 3 is 2.63 bits per heavy atom. The van der Waals surface area contributed by atoms with Gasteiger partial charge in [0, 0.05) is 21.3 Å². The molecule has 10 heteroatoms. The van der Waals surface area contributed by atoms with Crippen molar-refractivity contribution in [2.75, 3.05) is 11.9 Å². The number of nitrogens with one attached hydrogen (secondary N) is 1. The number of thioether (sulfide) groups is 1. The van der Waals surface area contributed by atoms with E-state index in [0.717, 1.165) is 11.0 Å². The summed E-state index contributed by atoms with van der Waals surface area (Å²) in [6, 6.07) is 16.6. The smallest absolute Gasteiger partial charge is 0.294 e. The number of ether oxygens (including phenoxy) is 1. The van der Waals surface area contributed by atoms with Crippen molar-refractivity contribution in [1.29, 1.82) is 0 Å². The Kier molecular flexibility index (Phi) is 7.62. The standard InChI is InChI=1S/C25H17BrF2N2O4S/c26-17-8-9-21(34-14-15-4-1-2-7-20(15)28)16(10-17)11-22-24(32)30(25(33)35-22)13-23(31)29-19-6-3-5-18(27)12-19/h1-12H,13-14H2,(H,29,31)/b22-11+. The summed E-state index contributed by atoms with van der Waals surface area (Å²) in [5.74, 6) is -1.83. The van der Waals surface area contributed by atoms with Crippen LogP contribution in [0.5, 0.6) is 5.75 Å². The van der Waals surface area contributed by atoms with Crippen molar-refractivity contribution in [3.63, 3.8) is 0 Å². The second-order valence-corrected chi connectivity index (χ2v) is 9.30. The van der Waals surface area contributed by atoms with Crippen LogP contribution >= 0.6 is 27.7 Å². The Balaban J connectivity index is 1.49.